The van der Waals surface area contributed by atoms with E-state index in [1.807, 2.05) is 72.8 Å². The smallest absolute Gasteiger partial charge is 0.164 e. The first-order valence-corrected chi connectivity index (χ1v) is 18.8. The van der Waals surface area contributed by atoms with Gasteiger partial charge in [0.15, 0.2) is 17.5 Å². The molecule has 3 heterocycles. The lowest BCUT2D eigenvalue weighted by Gasteiger charge is -2.10. The fraction of sp³-hybridized carbons (Fsp3) is 0. The van der Waals surface area contributed by atoms with Crippen molar-refractivity contribution in [3.05, 3.63) is 194 Å². The van der Waals surface area contributed by atoms with Crippen molar-refractivity contribution >= 4 is 43.7 Å². The molecule has 0 aliphatic rings. The Labute approximate surface area is 322 Å². The Morgan fingerprint density at radius 1 is 0.304 bits per heavy atom. The van der Waals surface area contributed by atoms with E-state index in [-0.39, 0.29) is 0 Å². The van der Waals surface area contributed by atoms with Gasteiger partial charge in [0.2, 0.25) is 0 Å². The highest BCUT2D eigenvalue weighted by Crippen LogP contribution is 2.40. The first-order valence-electron chi connectivity index (χ1n) is 18.8. The molecule has 5 nitrogen and oxygen atoms in total. The molecule has 0 N–H and O–H groups in total. The minimum atomic E-state index is 0.613. The van der Waals surface area contributed by atoms with E-state index in [2.05, 4.69) is 126 Å². The molecule has 0 aliphatic carbocycles. The molecular formula is C51H32N4O. The fourth-order valence-corrected chi connectivity index (χ4v) is 7.91. The van der Waals surface area contributed by atoms with Crippen LogP contribution in [0.4, 0.5) is 0 Å². The van der Waals surface area contributed by atoms with Crippen LogP contribution in [-0.4, -0.2) is 19.5 Å². The van der Waals surface area contributed by atoms with E-state index in [0.29, 0.717) is 17.5 Å². The van der Waals surface area contributed by atoms with Crippen LogP contribution in [0.3, 0.4) is 0 Å². The van der Waals surface area contributed by atoms with Gasteiger partial charge < -0.3 is 8.98 Å². The molecule has 0 unspecified atom stereocenters. The van der Waals surface area contributed by atoms with Crippen molar-refractivity contribution in [3.63, 3.8) is 0 Å². The maximum absolute atomic E-state index is 6.58. The average molecular weight is 717 g/mol. The van der Waals surface area contributed by atoms with Gasteiger partial charge in [-0.2, -0.15) is 0 Å². The Bertz CT molecular complexity index is 3160. The summed E-state index contributed by atoms with van der Waals surface area (Å²) in [6, 6.07) is 67.6. The van der Waals surface area contributed by atoms with Crippen molar-refractivity contribution < 1.29 is 4.42 Å². The third-order valence-corrected chi connectivity index (χ3v) is 10.6. The van der Waals surface area contributed by atoms with Gasteiger partial charge in [-0.05, 0) is 70.8 Å². The molecule has 11 aromatic rings. The molecule has 0 saturated heterocycles. The number of hydrogen-bond donors (Lipinski definition) is 0. The summed E-state index contributed by atoms with van der Waals surface area (Å²) in [5.74, 6) is 1.88. The summed E-state index contributed by atoms with van der Waals surface area (Å²) >= 11 is 0. The van der Waals surface area contributed by atoms with Crippen molar-refractivity contribution in [2.45, 2.75) is 0 Å². The van der Waals surface area contributed by atoms with Crippen LogP contribution in [0.1, 0.15) is 0 Å². The Kier molecular flexibility index (Phi) is 7.42. The van der Waals surface area contributed by atoms with Crippen LogP contribution in [0.15, 0.2) is 199 Å². The van der Waals surface area contributed by atoms with Gasteiger partial charge in [0.1, 0.15) is 11.2 Å². The van der Waals surface area contributed by atoms with Gasteiger partial charge in [0.05, 0.1) is 11.0 Å². The Balaban J connectivity index is 1.03. The predicted octanol–water partition coefficient (Wildman–Crippen LogP) is 13.2. The summed E-state index contributed by atoms with van der Waals surface area (Å²) in [6.07, 6.45) is 0. The van der Waals surface area contributed by atoms with Gasteiger partial charge in [0, 0.05) is 50.0 Å². The lowest BCUT2D eigenvalue weighted by Crippen LogP contribution is -2.00. The second-order valence-electron chi connectivity index (χ2n) is 14.1. The molecule has 0 atom stereocenters. The summed E-state index contributed by atoms with van der Waals surface area (Å²) in [5, 5.41) is 4.42. The largest absolute Gasteiger partial charge is 0.456 e. The number of furan rings is 1. The van der Waals surface area contributed by atoms with Crippen molar-refractivity contribution in [3.8, 4) is 62.1 Å². The lowest BCUT2D eigenvalue weighted by atomic mass is 9.99. The second-order valence-corrected chi connectivity index (χ2v) is 14.1. The van der Waals surface area contributed by atoms with Crippen LogP contribution in [0.2, 0.25) is 0 Å². The predicted molar refractivity (Wildman–Crippen MR) is 229 cm³/mol. The zero-order valence-electron chi connectivity index (χ0n) is 30.2. The molecular weight excluding hydrogens is 685 g/mol. The molecule has 262 valence electrons. The minimum absolute atomic E-state index is 0.613. The van der Waals surface area contributed by atoms with Crippen LogP contribution in [0.5, 0.6) is 0 Å². The molecule has 0 fully saturated rings. The van der Waals surface area contributed by atoms with E-state index < -0.39 is 0 Å². The van der Waals surface area contributed by atoms with E-state index in [4.69, 9.17) is 19.4 Å². The number of hydrogen-bond acceptors (Lipinski definition) is 4. The molecule has 56 heavy (non-hydrogen) atoms. The van der Waals surface area contributed by atoms with Gasteiger partial charge in [-0.25, -0.2) is 15.0 Å². The maximum Gasteiger partial charge on any atom is 0.164 e. The third-order valence-electron chi connectivity index (χ3n) is 10.6. The summed E-state index contributed by atoms with van der Waals surface area (Å²) in [5.41, 5.74) is 12.5. The Morgan fingerprint density at radius 3 is 1.48 bits per heavy atom. The standard InChI is InChI=1S/C51H32N4O/c1-4-13-33(14-5-1)37-19-12-20-38(29-37)34-23-26-40(27-24-34)55-45-22-11-10-21-41(45)42-31-44-43-30-39(25-28-47(43)56-48(44)32-46(42)55)51-53-49(35-15-6-2-7-16-35)52-50(54-51)36-17-8-3-9-18-36/h1-32H. The van der Waals surface area contributed by atoms with Crippen LogP contribution in [0, 0.1) is 0 Å². The molecule has 0 bridgehead atoms. The van der Waals surface area contributed by atoms with Gasteiger partial charge in [-0.3, -0.25) is 0 Å². The SMILES string of the molecule is c1ccc(-c2cccc(-c3ccc(-n4c5ccccc5c5cc6c(cc54)oc4ccc(-c5nc(-c7ccccc7)nc(-c7ccccc7)n5)cc46)cc3)c2)cc1. The molecule has 11 rings (SSSR count). The Morgan fingerprint density at radius 2 is 0.821 bits per heavy atom. The molecule has 0 aliphatic heterocycles. The molecule has 0 radical (unpaired) electrons. The van der Waals surface area contributed by atoms with E-state index in [1.165, 1.54) is 33.0 Å². The van der Waals surface area contributed by atoms with E-state index in [1.54, 1.807) is 0 Å². The average Bonchev–Trinajstić information content (AvgIpc) is 3.80. The first-order chi connectivity index (χ1) is 27.7. The zero-order chi connectivity index (χ0) is 37.0. The van der Waals surface area contributed by atoms with Crippen molar-refractivity contribution in [2.75, 3.05) is 0 Å². The van der Waals surface area contributed by atoms with Crippen LogP contribution in [0.25, 0.3) is 106 Å². The highest BCUT2D eigenvalue weighted by atomic mass is 16.3. The summed E-state index contributed by atoms with van der Waals surface area (Å²) < 4.78 is 8.92. The lowest BCUT2D eigenvalue weighted by molar-refractivity contribution is 0.669. The van der Waals surface area contributed by atoms with Gasteiger partial charge in [0.25, 0.3) is 0 Å². The molecule has 8 aromatic carbocycles. The monoisotopic (exact) mass is 716 g/mol. The number of para-hydroxylation sites is 1. The van der Waals surface area contributed by atoms with Gasteiger partial charge in [-0.1, -0.05) is 140 Å². The van der Waals surface area contributed by atoms with Crippen molar-refractivity contribution in [1.29, 1.82) is 0 Å². The molecule has 3 aromatic heterocycles. The van der Waals surface area contributed by atoms with Crippen molar-refractivity contribution in [2.24, 2.45) is 0 Å². The quantitative estimate of drug-likeness (QED) is 0.172. The number of aromatic nitrogens is 4. The number of nitrogens with zero attached hydrogens (tertiary/aromatic N) is 4. The number of benzene rings is 8. The van der Waals surface area contributed by atoms with E-state index >= 15 is 0 Å². The van der Waals surface area contributed by atoms with E-state index in [0.717, 1.165) is 55.3 Å². The normalized spacial score (nSPS) is 11.6. The minimum Gasteiger partial charge on any atom is -0.456 e. The van der Waals surface area contributed by atoms with Crippen LogP contribution in [-0.2, 0) is 0 Å². The summed E-state index contributed by atoms with van der Waals surface area (Å²) in [4.78, 5) is 14.9. The van der Waals surface area contributed by atoms with Gasteiger partial charge in [-0.15, -0.1) is 0 Å². The molecule has 0 saturated carbocycles. The van der Waals surface area contributed by atoms with E-state index in [9.17, 15) is 0 Å². The number of rotatable bonds is 6. The second kappa shape index (κ2) is 13.0. The highest BCUT2D eigenvalue weighted by molar-refractivity contribution is 6.17. The first kappa shape index (κ1) is 31.9. The molecule has 5 heteroatoms. The molecule has 0 amide bonds. The van der Waals surface area contributed by atoms with Crippen LogP contribution < -0.4 is 0 Å². The molecule has 0 spiro atoms. The summed E-state index contributed by atoms with van der Waals surface area (Å²) in [6.45, 7) is 0. The fourth-order valence-electron chi connectivity index (χ4n) is 7.91. The topological polar surface area (TPSA) is 56.7 Å². The number of fused-ring (bicyclic) bond motifs is 6. The van der Waals surface area contributed by atoms with Gasteiger partial charge >= 0.3 is 0 Å². The third kappa shape index (κ3) is 5.45. The summed E-state index contributed by atoms with van der Waals surface area (Å²) in [7, 11) is 0. The maximum atomic E-state index is 6.58. The van der Waals surface area contributed by atoms with Crippen molar-refractivity contribution in [1.82, 2.24) is 19.5 Å². The Hall–Kier alpha value is -7.63. The zero-order valence-corrected chi connectivity index (χ0v) is 30.2. The highest BCUT2D eigenvalue weighted by Gasteiger charge is 2.18. The van der Waals surface area contributed by atoms with Crippen LogP contribution >= 0.6 is 0 Å².